The van der Waals surface area contributed by atoms with Crippen molar-refractivity contribution in [3.8, 4) is 0 Å². The Kier molecular flexibility index (Phi) is 9.49. The predicted molar refractivity (Wildman–Crippen MR) is 89.1 cm³/mol. The first kappa shape index (κ1) is 17.9. The number of hydrogen-bond donors (Lipinski definition) is 1. The summed E-state index contributed by atoms with van der Waals surface area (Å²) >= 11 is 0. The van der Waals surface area contributed by atoms with Crippen LogP contribution in [-0.4, -0.2) is 55.6 Å². The molecule has 0 amide bonds. The van der Waals surface area contributed by atoms with E-state index in [1.807, 2.05) is 0 Å². The third kappa shape index (κ3) is 7.05. The van der Waals surface area contributed by atoms with Gasteiger partial charge in [0.1, 0.15) is 0 Å². The van der Waals surface area contributed by atoms with E-state index in [4.69, 9.17) is 5.73 Å². The zero-order chi connectivity index (χ0) is 14.8. The van der Waals surface area contributed by atoms with Crippen LogP contribution in [0.1, 0.15) is 64.7 Å². The Bertz CT molecular complexity index is 232. The number of hydrogen-bond acceptors (Lipinski definition) is 3. The molecule has 1 aliphatic rings. The molecule has 1 saturated heterocycles. The standard InChI is InChI=1S/C17H37N3/c1-4-5-6-7-8-9-10-11-12-16(18)17-15-19(2)13-14-20(17)3/h16-17H,4-15,18H2,1-3H3. The molecule has 0 aromatic heterocycles. The van der Waals surface area contributed by atoms with Crippen molar-refractivity contribution in [2.75, 3.05) is 33.7 Å². The number of unbranched alkanes of at least 4 members (excludes halogenated alkanes) is 7. The maximum absolute atomic E-state index is 6.41. The van der Waals surface area contributed by atoms with Gasteiger partial charge in [0, 0.05) is 31.7 Å². The predicted octanol–water partition coefficient (Wildman–Crippen LogP) is 3.09. The Morgan fingerprint density at radius 2 is 1.55 bits per heavy atom. The molecule has 120 valence electrons. The van der Waals surface area contributed by atoms with E-state index in [1.165, 1.54) is 64.3 Å². The lowest BCUT2D eigenvalue weighted by Crippen LogP contribution is -2.57. The quantitative estimate of drug-likeness (QED) is 0.625. The summed E-state index contributed by atoms with van der Waals surface area (Å²) in [7, 11) is 4.44. The molecule has 1 aliphatic heterocycles. The lowest BCUT2D eigenvalue weighted by molar-refractivity contribution is 0.0946. The molecule has 2 unspecified atom stereocenters. The van der Waals surface area contributed by atoms with Gasteiger partial charge in [-0.15, -0.1) is 0 Å². The molecule has 3 heteroatoms. The second-order valence-electron chi connectivity index (χ2n) is 6.74. The summed E-state index contributed by atoms with van der Waals surface area (Å²) < 4.78 is 0. The molecule has 2 atom stereocenters. The van der Waals surface area contributed by atoms with Gasteiger partial charge in [-0.2, -0.15) is 0 Å². The topological polar surface area (TPSA) is 32.5 Å². The van der Waals surface area contributed by atoms with Crippen LogP contribution in [0.2, 0.25) is 0 Å². The molecule has 0 aliphatic carbocycles. The molecule has 0 aromatic carbocycles. The van der Waals surface area contributed by atoms with E-state index in [0.29, 0.717) is 12.1 Å². The van der Waals surface area contributed by atoms with Gasteiger partial charge in [-0.25, -0.2) is 0 Å². The highest BCUT2D eigenvalue weighted by Crippen LogP contribution is 2.15. The third-order valence-electron chi connectivity index (χ3n) is 4.78. The van der Waals surface area contributed by atoms with Crippen molar-refractivity contribution in [2.45, 2.75) is 76.8 Å². The fraction of sp³-hybridized carbons (Fsp3) is 1.00. The third-order valence-corrected chi connectivity index (χ3v) is 4.78. The van der Waals surface area contributed by atoms with Crippen LogP contribution in [0.25, 0.3) is 0 Å². The Morgan fingerprint density at radius 1 is 0.950 bits per heavy atom. The Hall–Kier alpha value is -0.120. The van der Waals surface area contributed by atoms with Gasteiger partial charge in [0.15, 0.2) is 0 Å². The molecule has 2 N–H and O–H groups in total. The maximum Gasteiger partial charge on any atom is 0.0371 e. The van der Waals surface area contributed by atoms with Crippen molar-refractivity contribution in [3.05, 3.63) is 0 Å². The molecular formula is C17H37N3. The van der Waals surface area contributed by atoms with Crippen molar-refractivity contribution in [2.24, 2.45) is 5.73 Å². The summed E-state index contributed by atoms with van der Waals surface area (Å²) in [5.41, 5.74) is 6.41. The average molecular weight is 284 g/mol. The molecule has 0 saturated carbocycles. The average Bonchev–Trinajstić information content (AvgIpc) is 2.44. The molecule has 1 fully saturated rings. The molecule has 0 aromatic rings. The lowest BCUT2D eigenvalue weighted by Gasteiger charge is -2.40. The summed E-state index contributed by atoms with van der Waals surface area (Å²) in [6.07, 6.45) is 12.3. The van der Waals surface area contributed by atoms with E-state index >= 15 is 0 Å². The molecule has 1 heterocycles. The van der Waals surface area contributed by atoms with Crippen molar-refractivity contribution in [1.82, 2.24) is 9.80 Å². The minimum Gasteiger partial charge on any atom is -0.326 e. The second-order valence-corrected chi connectivity index (χ2v) is 6.74. The lowest BCUT2D eigenvalue weighted by atomic mass is 9.98. The first-order chi connectivity index (χ1) is 9.65. The number of nitrogens with zero attached hydrogens (tertiary/aromatic N) is 2. The number of rotatable bonds is 10. The van der Waals surface area contributed by atoms with E-state index in [-0.39, 0.29) is 0 Å². The fourth-order valence-electron chi connectivity index (χ4n) is 3.21. The van der Waals surface area contributed by atoms with Crippen LogP contribution >= 0.6 is 0 Å². The van der Waals surface area contributed by atoms with E-state index in [2.05, 4.69) is 30.8 Å². The summed E-state index contributed by atoms with van der Waals surface area (Å²) in [5.74, 6) is 0. The Balaban J connectivity index is 2.03. The van der Waals surface area contributed by atoms with Crippen LogP contribution in [0, 0.1) is 0 Å². The van der Waals surface area contributed by atoms with Gasteiger partial charge in [0.2, 0.25) is 0 Å². The molecule has 0 bridgehead atoms. The van der Waals surface area contributed by atoms with Crippen molar-refractivity contribution in [1.29, 1.82) is 0 Å². The highest BCUT2D eigenvalue weighted by Gasteiger charge is 2.26. The minimum atomic E-state index is 0.350. The maximum atomic E-state index is 6.41. The van der Waals surface area contributed by atoms with E-state index in [0.717, 1.165) is 13.1 Å². The van der Waals surface area contributed by atoms with Gasteiger partial charge < -0.3 is 10.6 Å². The van der Waals surface area contributed by atoms with Crippen LogP contribution in [0.5, 0.6) is 0 Å². The van der Waals surface area contributed by atoms with Crippen LogP contribution in [0.3, 0.4) is 0 Å². The van der Waals surface area contributed by atoms with Crippen LogP contribution < -0.4 is 5.73 Å². The number of piperazine rings is 1. The summed E-state index contributed by atoms with van der Waals surface area (Å²) in [6.45, 7) is 5.75. The normalized spacial score (nSPS) is 23.1. The van der Waals surface area contributed by atoms with Gasteiger partial charge >= 0.3 is 0 Å². The largest absolute Gasteiger partial charge is 0.326 e. The zero-order valence-electron chi connectivity index (χ0n) is 14.1. The van der Waals surface area contributed by atoms with Crippen LogP contribution in [-0.2, 0) is 0 Å². The first-order valence-electron chi connectivity index (χ1n) is 8.79. The Labute approximate surface area is 126 Å². The van der Waals surface area contributed by atoms with Gasteiger partial charge in [0.25, 0.3) is 0 Å². The highest BCUT2D eigenvalue weighted by molar-refractivity contribution is 4.86. The first-order valence-corrected chi connectivity index (χ1v) is 8.79. The Morgan fingerprint density at radius 3 is 2.20 bits per heavy atom. The fourth-order valence-corrected chi connectivity index (χ4v) is 3.21. The molecular weight excluding hydrogens is 246 g/mol. The van der Waals surface area contributed by atoms with Gasteiger partial charge in [-0.3, -0.25) is 4.90 Å². The van der Waals surface area contributed by atoms with E-state index in [1.54, 1.807) is 0 Å². The second kappa shape index (κ2) is 10.6. The van der Waals surface area contributed by atoms with E-state index in [9.17, 15) is 0 Å². The van der Waals surface area contributed by atoms with Crippen LogP contribution in [0.4, 0.5) is 0 Å². The number of nitrogens with two attached hydrogens (primary N) is 1. The highest BCUT2D eigenvalue weighted by atomic mass is 15.3. The van der Waals surface area contributed by atoms with Crippen molar-refractivity contribution < 1.29 is 0 Å². The molecule has 20 heavy (non-hydrogen) atoms. The van der Waals surface area contributed by atoms with Crippen LogP contribution in [0.15, 0.2) is 0 Å². The van der Waals surface area contributed by atoms with Crippen molar-refractivity contribution in [3.63, 3.8) is 0 Å². The van der Waals surface area contributed by atoms with Crippen molar-refractivity contribution >= 4 is 0 Å². The number of likely N-dealkylation sites (N-methyl/N-ethyl adjacent to an activating group) is 2. The summed E-state index contributed by atoms with van der Waals surface area (Å²) in [4.78, 5) is 4.87. The smallest absolute Gasteiger partial charge is 0.0371 e. The minimum absolute atomic E-state index is 0.350. The van der Waals surface area contributed by atoms with E-state index < -0.39 is 0 Å². The SMILES string of the molecule is CCCCCCCCCCC(N)C1CN(C)CCN1C. The molecule has 1 rings (SSSR count). The van der Waals surface area contributed by atoms with Gasteiger partial charge in [-0.1, -0.05) is 58.3 Å². The summed E-state index contributed by atoms with van der Waals surface area (Å²) in [5, 5.41) is 0. The van der Waals surface area contributed by atoms with Gasteiger partial charge in [-0.05, 0) is 20.5 Å². The van der Waals surface area contributed by atoms with Gasteiger partial charge in [0.05, 0.1) is 0 Å². The monoisotopic (exact) mass is 283 g/mol. The molecule has 3 nitrogen and oxygen atoms in total. The molecule has 0 spiro atoms. The zero-order valence-corrected chi connectivity index (χ0v) is 14.1. The molecule has 0 radical (unpaired) electrons. The summed E-state index contributed by atoms with van der Waals surface area (Å²) in [6, 6.07) is 0.904.